The van der Waals surface area contributed by atoms with E-state index in [2.05, 4.69) is 9.97 Å². The topological polar surface area (TPSA) is 66.3 Å². The SMILES string of the molecule is CCN(c1nc2ccccc2nc1C)C(C)(C)C(=O)O. The molecule has 0 fully saturated rings. The predicted molar refractivity (Wildman–Crippen MR) is 79.0 cm³/mol. The summed E-state index contributed by atoms with van der Waals surface area (Å²) in [7, 11) is 0. The highest BCUT2D eigenvalue weighted by molar-refractivity contribution is 5.83. The van der Waals surface area contributed by atoms with E-state index in [9.17, 15) is 9.90 Å². The first-order valence-electron chi connectivity index (χ1n) is 6.62. The number of carbonyl (C=O) groups is 1. The Kier molecular flexibility index (Phi) is 3.61. The number of fused-ring (bicyclic) bond motifs is 1. The number of para-hydroxylation sites is 2. The highest BCUT2D eigenvalue weighted by Gasteiger charge is 2.35. The zero-order chi connectivity index (χ0) is 14.9. The molecule has 0 saturated carbocycles. The molecule has 2 aromatic rings. The van der Waals surface area contributed by atoms with Gasteiger partial charge in [0.1, 0.15) is 5.54 Å². The number of hydrogen-bond donors (Lipinski definition) is 1. The second kappa shape index (κ2) is 5.07. The van der Waals surface area contributed by atoms with Crippen LogP contribution in [0.2, 0.25) is 0 Å². The molecule has 106 valence electrons. The fraction of sp³-hybridized carbons (Fsp3) is 0.400. The summed E-state index contributed by atoms with van der Waals surface area (Å²) in [6.45, 7) is 7.67. The lowest BCUT2D eigenvalue weighted by molar-refractivity contribution is -0.142. The summed E-state index contributed by atoms with van der Waals surface area (Å²) in [5.41, 5.74) is 1.29. The number of carboxylic acids is 1. The van der Waals surface area contributed by atoms with Crippen LogP contribution in [0, 0.1) is 6.92 Å². The first kappa shape index (κ1) is 14.2. The lowest BCUT2D eigenvalue weighted by atomic mass is 10.0. The van der Waals surface area contributed by atoms with Crippen LogP contribution in [0.5, 0.6) is 0 Å². The van der Waals surface area contributed by atoms with E-state index in [-0.39, 0.29) is 0 Å². The van der Waals surface area contributed by atoms with Gasteiger partial charge in [-0.25, -0.2) is 14.8 Å². The van der Waals surface area contributed by atoms with Gasteiger partial charge in [0.2, 0.25) is 0 Å². The van der Waals surface area contributed by atoms with Crippen LogP contribution in [0.1, 0.15) is 26.5 Å². The van der Waals surface area contributed by atoms with Crippen molar-refractivity contribution in [1.82, 2.24) is 9.97 Å². The van der Waals surface area contributed by atoms with Gasteiger partial charge < -0.3 is 10.0 Å². The number of benzene rings is 1. The molecule has 0 amide bonds. The van der Waals surface area contributed by atoms with Gasteiger partial charge in [0.15, 0.2) is 5.82 Å². The fourth-order valence-electron chi connectivity index (χ4n) is 2.26. The summed E-state index contributed by atoms with van der Waals surface area (Å²) in [6.07, 6.45) is 0. The molecular weight excluding hydrogens is 254 g/mol. The Labute approximate surface area is 118 Å². The molecular formula is C15H19N3O2. The Hall–Kier alpha value is -2.17. The van der Waals surface area contributed by atoms with Crippen LogP contribution in [-0.4, -0.2) is 33.1 Å². The zero-order valence-electron chi connectivity index (χ0n) is 12.2. The first-order chi connectivity index (χ1) is 9.37. The molecule has 1 aromatic heterocycles. The monoisotopic (exact) mass is 273 g/mol. The molecule has 0 bridgehead atoms. The molecule has 0 unspecified atom stereocenters. The smallest absolute Gasteiger partial charge is 0.329 e. The van der Waals surface area contributed by atoms with Crippen molar-refractivity contribution in [3.63, 3.8) is 0 Å². The zero-order valence-corrected chi connectivity index (χ0v) is 12.2. The number of aliphatic carboxylic acids is 1. The molecule has 1 N–H and O–H groups in total. The van der Waals surface area contributed by atoms with Gasteiger partial charge in [-0.3, -0.25) is 0 Å². The number of aromatic nitrogens is 2. The molecule has 20 heavy (non-hydrogen) atoms. The maximum atomic E-state index is 11.5. The summed E-state index contributed by atoms with van der Waals surface area (Å²) in [6, 6.07) is 7.59. The second-order valence-corrected chi connectivity index (χ2v) is 5.23. The standard InChI is InChI=1S/C15H19N3O2/c1-5-18(15(3,4)14(19)20)13-10(2)16-11-8-6-7-9-12(11)17-13/h6-9H,5H2,1-4H3,(H,19,20). The van der Waals surface area contributed by atoms with Crippen molar-refractivity contribution in [1.29, 1.82) is 0 Å². The normalized spacial score (nSPS) is 11.6. The van der Waals surface area contributed by atoms with Crippen LogP contribution >= 0.6 is 0 Å². The van der Waals surface area contributed by atoms with Crippen molar-refractivity contribution in [2.45, 2.75) is 33.2 Å². The van der Waals surface area contributed by atoms with Gasteiger partial charge >= 0.3 is 5.97 Å². The fourth-order valence-corrected chi connectivity index (χ4v) is 2.26. The maximum Gasteiger partial charge on any atom is 0.329 e. The van der Waals surface area contributed by atoms with E-state index in [1.165, 1.54) is 0 Å². The van der Waals surface area contributed by atoms with E-state index in [4.69, 9.17) is 0 Å². The van der Waals surface area contributed by atoms with Gasteiger partial charge in [-0.15, -0.1) is 0 Å². The molecule has 1 aromatic carbocycles. The second-order valence-electron chi connectivity index (χ2n) is 5.23. The highest BCUT2D eigenvalue weighted by atomic mass is 16.4. The van der Waals surface area contributed by atoms with Crippen molar-refractivity contribution < 1.29 is 9.90 Å². The number of hydrogen-bond acceptors (Lipinski definition) is 4. The minimum Gasteiger partial charge on any atom is -0.480 e. The molecule has 2 rings (SSSR count). The average Bonchev–Trinajstić information content (AvgIpc) is 2.39. The number of rotatable bonds is 4. The average molecular weight is 273 g/mol. The highest BCUT2D eigenvalue weighted by Crippen LogP contribution is 2.26. The van der Waals surface area contributed by atoms with Crippen molar-refractivity contribution >= 4 is 22.8 Å². The first-order valence-corrected chi connectivity index (χ1v) is 6.62. The van der Waals surface area contributed by atoms with Crippen LogP contribution < -0.4 is 4.90 Å². The number of anilines is 1. The lowest BCUT2D eigenvalue weighted by Gasteiger charge is -2.35. The van der Waals surface area contributed by atoms with E-state index in [1.54, 1.807) is 18.7 Å². The van der Waals surface area contributed by atoms with Crippen molar-refractivity contribution in [3.8, 4) is 0 Å². The molecule has 5 heteroatoms. The van der Waals surface area contributed by atoms with Crippen LogP contribution in [0.25, 0.3) is 11.0 Å². The number of likely N-dealkylation sites (N-methyl/N-ethyl adjacent to an activating group) is 1. The molecule has 5 nitrogen and oxygen atoms in total. The van der Waals surface area contributed by atoms with E-state index < -0.39 is 11.5 Å². The third-order valence-electron chi connectivity index (χ3n) is 3.49. The molecule has 0 radical (unpaired) electrons. The Morgan fingerprint density at radius 3 is 2.30 bits per heavy atom. The van der Waals surface area contributed by atoms with Gasteiger partial charge in [0.25, 0.3) is 0 Å². The van der Waals surface area contributed by atoms with Crippen molar-refractivity contribution in [2.24, 2.45) is 0 Å². The number of nitrogens with zero attached hydrogens (tertiary/aromatic N) is 3. The quantitative estimate of drug-likeness (QED) is 0.927. The largest absolute Gasteiger partial charge is 0.480 e. The summed E-state index contributed by atoms with van der Waals surface area (Å²) >= 11 is 0. The van der Waals surface area contributed by atoms with Gasteiger partial charge in [0.05, 0.1) is 16.7 Å². The Morgan fingerprint density at radius 2 is 1.80 bits per heavy atom. The lowest BCUT2D eigenvalue weighted by Crippen LogP contribution is -2.51. The summed E-state index contributed by atoms with van der Waals surface area (Å²) in [4.78, 5) is 22.4. The maximum absolute atomic E-state index is 11.5. The van der Waals surface area contributed by atoms with Crippen molar-refractivity contribution in [2.75, 3.05) is 11.4 Å². The van der Waals surface area contributed by atoms with E-state index in [0.717, 1.165) is 16.7 Å². The van der Waals surface area contributed by atoms with Crippen LogP contribution in [0.4, 0.5) is 5.82 Å². The molecule has 0 aliphatic heterocycles. The number of carboxylic acid groups (broad SMARTS) is 1. The Bertz CT molecular complexity index is 653. The van der Waals surface area contributed by atoms with Crippen LogP contribution in [0.15, 0.2) is 24.3 Å². The van der Waals surface area contributed by atoms with Gasteiger partial charge in [0, 0.05) is 6.54 Å². The minimum atomic E-state index is -1.03. The molecule has 0 spiro atoms. The van der Waals surface area contributed by atoms with Crippen molar-refractivity contribution in [3.05, 3.63) is 30.0 Å². The molecule has 0 atom stereocenters. The minimum absolute atomic E-state index is 0.549. The van der Waals surface area contributed by atoms with Gasteiger partial charge in [-0.05, 0) is 39.8 Å². The van der Waals surface area contributed by atoms with E-state index >= 15 is 0 Å². The summed E-state index contributed by atoms with van der Waals surface area (Å²) in [5.74, 6) is -0.257. The van der Waals surface area contributed by atoms with Gasteiger partial charge in [-0.2, -0.15) is 0 Å². The van der Waals surface area contributed by atoms with E-state index in [0.29, 0.717) is 12.4 Å². The summed E-state index contributed by atoms with van der Waals surface area (Å²) < 4.78 is 0. The van der Waals surface area contributed by atoms with E-state index in [1.807, 2.05) is 38.1 Å². The van der Waals surface area contributed by atoms with Crippen LogP contribution in [-0.2, 0) is 4.79 Å². The Morgan fingerprint density at radius 1 is 1.25 bits per heavy atom. The Balaban J connectivity index is 2.60. The summed E-state index contributed by atoms with van der Waals surface area (Å²) in [5, 5.41) is 9.42. The third-order valence-corrected chi connectivity index (χ3v) is 3.49. The molecule has 0 aliphatic carbocycles. The van der Waals surface area contributed by atoms with Crippen LogP contribution in [0.3, 0.4) is 0 Å². The molecule has 0 aliphatic rings. The molecule has 1 heterocycles. The number of aryl methyl sites for hydroxylation is 1. The third kappa shape index (κ3) is 2.31. The molecule has 0 saturated heterocycles. The van der Waals surface area contributed by atoms with Gasteiger partial charge in [-0.1, -0.05) is 12.1 Å². The predicted octanol–water partition coefficient (Wildman–Crippen LogP) is 2.63.